The maximum absolute atomic E-state index is 6.06. The van der Waals surface area contributed by atoms with E-state index in [0.717, 1.165) is 15.7 Å². The van der Waals surface area contributed by atoms with Gasteiger partial charge < -0.3 is 4.74 Å². The van der Waals surface area contributed by atoms with E-state index in [0.29, 0.717) is 22.5 Å². The van der Waals surface area contributed by atoms with Crippen molar-refractivity contribution in [2.75, 3.05) is 0 Å². The highest BCUT2D eigenvalue weighted by Crippen LogP contribution is 2.31. The molecule has 2 rings (SSSR count). The first-order valence-corrected chi connectivity index (χ1v) is 6.95. The molecule has 0 aliphatic carbocycles. The van der Waals surface area contributed by atoms with Crippen molar-refractivity contribution >= 4 is 39.1 Å². The molecule has 0 amide bonds. The SMILES string of the molecule is Cc1cc(CCl)cc(Oc2cc(Br)ccc2Cl)n1. The zero-order chi connectivity index (χ0) is 13.1. The lowest BCUT2D eigenvalue weighted by molar-refractivity contribution is 0.461. The van der Waals surface area contributed by atoms with Crippen molar-refractivity contribution in [1.29, 1.82) is 0 Å². The van der Waals surface area contributed by atoms with Crippen LogP contribution < -0.4 is 4.74 Å². The number of halogens is 3. The molecule has 0 aliphatic rings. The van der Waals surface area contributed by atoms with E-state index in [1.165, 1.54) is 0 Å². The Labute approximate surface area is 124 Å². The number of aryl methyl sites for hydroxylation is 1. The summed E-state index contributed by atoms with van der Waals surface area (Å²) in [5, 5.41) is 0.536. The number of benzene rings is 1. The minimum absolute atomic E-state index is 0.423. The van der Waals surface area contributed by atoms with Gasteiger partial charge in [0, 0.05) is 22.1 Å². The van der Waals surface area contributed by atoms with Gasteiger partial charge in [0.05, 0.1) is 5.02 Å². The minimum Gasteiger partial charge on any atom is -0.437 e. The Morgan fingerprint density at radius 1 is 1.28 bits per heavy atom. The van der Waals surface area contributed by atoms with Crippen molar-refractivity contribution in [3.8, 4) is 11.6 Å². The van der Waals surface area contributed by atoms with E-state index in [2.05, 4.69) is 20.9 Å². The molecule has 0 radical (unpaired) electrons. The second-order valence-electron chi connectivity index (χ2n) is 3.77. The predicted molar refractivity (Wildman–Crippen MR) is 77.8 cm³/mol. The standard InChI is InChI=1S/C13H10BrCl2NO/c1-8-4-9(7-15)5-13(17-8)18-12-6-10(14)2-3-11(12)16/h2-6H,7H2,1H3. The van der Waals surface area contributed by atoms with Crippen molar-refractivity contribution in [2.24, 2.45) is 0 Å². The quantitative estimate of drug-likeness (QED) is 0.700. The van der Waals surface area contributed by atoms with Crippen molar-refractivity contribution in [2.45, 2.75) is 12.8 Å². The molecule has 0 saturated carbocycles. The summed E-state index contributed by atoms with van der Waals surface area (Å²) >= 11 is 15.2. The Bertz CT molecular complexity index is 575. The fourth-order valence-corrected chi connectivity index (χ4v) is 2.15. The van der Waals surface area contributed by atoms with Crippen LogP contribution >= 0.6 is 39.1 Å². The van der Waals surface area contributed by atoms with Crippen LogP contribution in [0.15, 0.2) is 34.8 Å². The highest BCUT2D eigenvalue weighted by molar-refractivity contribution is 9.10. The van der Waals surface area contributed by atoms with E-state index < -0.39 is 0 Å². The van der Waals surface area contributed by atoms with Crippen LogP contribution in [0, 0.1) is 6.92 Å². The molecule has 1 heterocycles. The highest BCUT2D eigenvalue weighted by Gasteiger charge is 2.06. The molecule has 18 heavy (non-hydrogen) atoms. The molecule has 2 nitrogen and oxygen atoms in total. The van der Waals surface area contributed by atoms with E-state index in [1.54, 1.807) is 18.2 Å². The Morgan fingerprint density at radius 3 is 2.78 bits per heavy atom. The van der Waals surface area contributed by atoms with Crippen molar-refractivity contribution in [1.82, 2.24) is 4.98 Å². The lowest BCUT2D eigenvalue weighted by Gasteiger charge is -2.09. The molecule has 0 saturated heterocycles. The number of alkyl halides is 1. The Morgan fingerprint density at radius 2 is 2.06 bits per heavy atom. The fraction of sp³-hybridized carbons (Fsp3) is 0.154. The first kappa shape index (κ1) is 13.7. The van der Waals surface area contributed by atoms with Crippen LogP contribution in [0.2, 0.25) is 5.02 Å². The van der Waals surface area contributed by atoms with Gasteiger partial charge >= 0.3 is 0 Å². The summed E-state index contributed by atoms with van der Waals surface area (Å²) in [7, 11) is 0. The van der Waals surface area contributed by atoms with Crippen LogP contribution in [-0.2, 0) is 5.88 Å². The normalized spacial score (nSPS) is 10.4. The summed E-state index contributed by atoms with van der Waals surface area (Å²) in [6.07, 6.45) is 0. The second-order valence-corrected chi connectivity index (χ2v) is 5.36. The molecule has 5 heteroatoms. The van der Waals surface area contributed by atoms with Crippen LogP contribution in [0.5, 0.6) is 11.6 Å². The first-order chi connectivity index (χ1) is 8.58. The van der Waals surface area contributed by atoms with E-state index in [1.807, 2.05) is 19.1 Å². The Hall–Kier alpha value is -0.770. The van der Waals surface area contributed by atoms with Gasteiger partial charge in [0.25, 0.3) is 0 Å². The van der Waals surface area contributed by atoms with Gasteiger partial charge in [-0.1, -0.05) is 27.5 Å². The summed E-state index contributed by atoms with van der Waals surface area (Å²) in [6.45, 7) is 1.89. The number of hydrogen-bond donors (Lipinski definition) is 0. The number of aromatic nitrogens is 1. The molecule has 0 aliphatic heterocycles. The zero-order valence-electron chi connectivity index (χ0n) is 9.58. The third kappa shape index (κ3) is 3.37. The third-order valence-electron chi connectivity index (χ3n) is 2.25. The maximum atomic E-state index is 6.06. The van der Waals surface area contributed by atoms with Gasteiger partial charge in [-0.2, -0.15) is 0 Å². The lowest BCUT2D eigenvalue weighted by Crippen LogP contribution is -1.93. The monoisotopic (exact) mass is 345 g/mol. The van der Waals surface area contributed by atoms with Crippen LogP contribution in [-0.4, -0.2) is 4.98 Å². The number of rotatable bonds is 3. The van der Waals surface area contributed by atoms with Crippen LogP contribution in [0.4, 0.5) is 0 Å². The average Bonchev–Trinajstić information content (AvgIpc) is 2.33. The second kappa shape index (κ2) is 5.91. The minimum atomic E-state index is 0.423. The summed E-state index contributed by atoms with van der Waals surface area (Å²) in [5.74, 6) is 1.47. The number of hydrogen-bond acceptors (Lipinski definition) is 2. The number of nitrogens with zero attached hydrogens (tertiary/aromatic N) is 1. The van der Waals surface area contributed by atoms with E-state index in [-0.39, 0.29) is 0 Å². The molecular formula is C13H10BrCl2NO. The molecule has 2 aromatic rings. The molecule has 0 atom stereocenters. The van der Waals surface area contributed by atoms with Gasteiger partial charge in [0.1, 0.15) is 5.75 Å². The van der Waals surface area contributed by atoms with Gasteiger partial charge in [-0.3, -0.25) is 0 Å². The third-order valence-corrected chi connectivity index (χ3v) is 3.37. The van der Waals surface area contributed by atoms with Gasteiger partial charge in [-0.05, 0) is 36.8 Å². The van der Waals surface area contributed by atoms with Gasteiger partial charge in [0.2, 0.25) is 5.88 Å². The molecule has 0 fully saturated rings. The largest absolute Gasteiger partial charge is 0.437 e. The molecule has 0 unspecified atom stereocenters. The van der Waals surface area contributed by atoms with Crippen molar-refractivity contribution in [3.05, 3.63) is 51.1 Å². The predicted octanol–water partition coefficient (Wildman–Crippen LogP) is 5.34. The number of ether oxygens (including phenoxy) is 1. The molecule has 94 valence electrons. The molecule has 1 aromatic heterocycles. The van der Waals surface area contributed by atoms with Crippen molar-refractivity contribution in [3.63, 3.8) is 0 Å². The van der Waals surface area contributed by atoms with Crippen LogP contribution in [0.25, 0.3) is 0 Å². The lowest BCUT2D eigenvalue weighted by atomic mass is 10.2. The fourth-order valence-electron chi connectivity index (χ4n) is 1.50. The summed E-state index contributed by atoms with van der Waals surface area (Å²) in [4.78, 5) is 4.29. The molecular weight excluding hydrogens is 337 g/mol. The molecule has 0 N–H and O–H groups in total. The Kier molecular flexibility index (Phi) is 4.49. The zero-order valence-corrected chi connectivity index (χ0v) is 12.7. The topological polar surface area (TPSA) is 22.1 Å². The first-order valence-electron chi connectivity index (χ1n) is 5.25. The molecule has 0 spiro atoms. The molecule has 1 aromatic carbocycles. The van der Waals surface area contributed by atoms with Crippen LogP contribution in [0.1, 0.15) is 11.3 Å². The van der Waals surface area contributed by atoms with Gasteiger partial charge in [0.15, 0.2) is 0 Å². The van der Waals surface area contributed by atoms with E-state index in [4.69, 9.17) is 27.9 Å². The molecule has 0 bridgehead atoms. The maximum Gasteiger partial charge on any atom is 0.219 e. The average molecular weight is 347 g/mol. The van der Waals surface area contributed by atoms with E-state index in [9.17, 15) is 0 Å². The summed E-state index contributed by atoms with van der Waals surface area (Å²) in [5.41, 5.74) is 1.82. The van der Waals surface area contributed by atoms with E-state index >= 15 is 0 Å². The summed E-state index contributed by atoms with van der Waals surface area (Å²) < 4.78 is 6.58. The van der Waals surface area contributed by atoms with Crippen molar-refractivity contribution < 1.29 is 4.74 Å². The van der Waals surface area contributed by atoms with Gasteiger partial charge in [-0.15, -0.1) is 11.6 Å². The van der Waals surface area contributed by atoms with Crippen LogP contribution in [0.3, 0.4) is 0 Å². The smallest absolute Gasteiger partial charge is 0.219 e. The summed E-state index contributed by atoms with van der Waals surface area (Å²) in [6, 6.07) is 9.13. The van der Waals surface area contributed by atoms with Gasteiger partial charge in [-0.25, -0.2) is 4.98 Å². The highest BCUT2D eigenvalue weighted by atomic mass is 79.9. The Balaban J connectivity index is 2.33. The number of pyridine rings is 1.